The number of carbonyl (C=O) groups is 1. The number of pyridine rings is 1. The molecule has 10 heteroatoms. The van der Waals surface area contributed by atoms with Crippen molar-refractivity contribution in [3.8, 4) is 0 Å². The topological polar surface area (TPSA) is 123 Å². The number of likely N-dealkylation sites (tertiary alicyclic amines) is 1. The van der Waals surface area contributed by atoms with Crippen molar-refractivity contribution in [3.63, 3.8) is 0 Å². The van der Waals surface area contributed by atoms with Crippen molar-refractivity contribution in [1.29, 1.82) is 0 Å². The maximum absolute atomic E-state index is 12.6. The summed E-state index contributed by atoms with van der Waals surface area (Å²) in [5.41, 5.74) is 0.714. The number of nitrogens with one attached hydrogen (secondary N) is 1. The van der Waals surface area contributed by atoms with Gasteiger partial charge in [-0.05, 0) is 43.4 Å². The number of amides is 1. The van der Waals surface area contributed by atoms with Gasteiger partial charge in [-0.2, -0.15) is 0 Å². The number of non-ortho nitro benzene ring substituents is 1. The number of hydrogen-bond donors (Lipinski definition) is 1. The van der Waals surface area contributed by atoms with E-state index >= 15 is 0 Å². The highest BCUT2D eigenvalue weighted by Crippen LogP contribution is 2.23. The number of benzene rings is 1. The van der Waals surface area contributed by atoms with Crippen LogP contribution in [0.4, 0.5) is 5.69 Å². The fourth-order valence-corrected chi connectivity index (χ4v) is 4.69. The molecule has 0 unspecified atom stereocenters. The number of hydrogen-bond acceptors (Lipinski definition) is 6. The minimum absolute atomic E-state index is 0.0793. The SMILES string of the molecule is Cc1ccc([N+](=O)[O-])cc1S(=O)(=O)NCC1CCN(C(=O)c2cccnc2)CC1. The zero-order valence-electron chi connectivity index (χ0n) is 15.9. The summed E-state index contributed by atoms with van der Waals surface area (Å²) in [6, 6.07) is 7.22. The first-order valence-corrected chi connectivity index (χ1v) is 10.7. The number of carbonyl (C=O) groups excluding carboxylic acids is 1. The molecule has 2 aromatic rings. The third-order valence-electron chi connectivity index (χ3n) is 5.04. The van der Waals surface area contributed by atoms with Crippen LogP contribution in [0.25, 0.3) is 0 Å². The Labute approximate surface area is 169 Å². The number of rotatable bonds is 6. The summed E-state index contributed by atoms with van der Waals surface area (Å²) in [5, 5.41) is 10.9. The predicted octanol–water partition coefficient (Wildman–Crippen LogP) is 2.13. The van der Waals surface area contributed by atoms with E-state index in [0.29, 0.717) is 37.1 Å². The van der Waals surface area contributed by atoms with Gasteiger partial charge in [0.05, 0.1) is 15.4 Å². The van der Waals surface area contributed by atoms with Crippen LogP contribution in [-0.2, 0) is 10.0 Å². The van der Waals surface area contributed by atoms with Crippen molar-refractivity contribution in [3.05, 3.63) is 64.0 Å². The molecule has 1 aromatic carbocycles. The molecule has 154 valence electrons. The Bertz CT molecular complexity index is 1000. The smallest absolute Gasteiger partial charge is 0.270 e. The van der Waals surface area contributed by atoms with Crippen molar-refractivity contribution in [2.75, 3.05) is 19.6 Å². The van der Waals surface area contributed by atoms with Crippen molar-refractivity contribution in [2.45, 2.75) is 24.7 Å². The van der Waals surface area contributed by atoms with Gasteiger partial charge in [-0.15, -0.1) is 0 Å². The molecule has 29 heavy (non-hydrogen) atoms. The lowest BCUT2D eigenvalue weighted by Crippen LogP contribution is -2.41. The summed E-state index contributed by atoms with van der Waals surface area (Å²) in [6.45, 7) is 2.89. The maximum atomic E-state index is 12.6. The summed E-state index contributed by atoms with van der Waals surface area (Å²) >= 11 is 0. The molecule has 2 heterocycles. The fraction of sp³-hybridized carbons (Fsp3) is 0.368. The van der Waals surface area contributed by atoms with Crippen LogP contribution in [0.3, 0.4) is 0 Å². The average Bonchev–Trinajstić information content (AvgIpc) is 2.73. The Morgan fingerprint density at radius 2 is 2.03 bits per heavy atom. The lowest BCUT2D eigenvalue weighted by molar-refractivity contribution is -0.385. The van der Waals surface area contributed by atoms with E-state index in [1.165, 1.54) is 18.3 Å². The van der Waals surface area contributed by atoms with Gasteiger partial charge in [-0.25, -0.2) is 13.1 Å². The molecule has 0 saturated carbocycles. The minimum Gasteiger partial charge on any atom is -0.339 e. The molecule has 0 radical (unpaired) electrons. The van der Waals surface area contributed by atoms with Crippen molar-refractivity contribution in [1.82, 2.24) is 14.6 Å². The number of aryl methyl sites for hydroxylation is 1. The molecule has 0 atom stereocenters. The Balaban J connectivity index is 1.58. The Morgan fingerprint density at radius 1 is 1.31 bits per heavy atom. The zero-order chi connectivity index (χ0) is 21.0. The summed E-state index contributed by atoms with van der Waals surface area (Å²) in [5.74, 6) is 0.00563. The first-order chi connectivity index (χ1) is 13.8. The van der Waals surface area contributed by atoms with Crippen molar-refractivity contribution >= 4 is 21.6 Å². The number of nitrogens with zero attached hydrogens (tertiary/aromatic N) is 3. The second kappa shape index (κ2) is 8.66. The van der Waals surface area contributed by atoms with E-state index < -0.39 is 14.9 Å². The summed E-state index contributed by atoms with van der Waals surface area (Å²) in [7, 11) is -3.86. The third-order valence-corrected chi connectivity index (χ3v) is 6.61. The summed E-state index contributed by atoms with van der Waals surface area (Å²) < 4.78 is 27.8. The largest absolute Gasteiger partial charge is 0.339 e. The van der Waals surface area contributed by atoms with E-state index in [1.807, 2.05) is 0 Å². The van der Waals surface area contributed by atoms with Crippen molar-refractivity contribution in [2.24, 2.45) is 5.92 Å². The number of sulfonamides is 1. The highest BCUT2D eigenvalue weighted by Gasteiger charge is 2.26. The Kier molecular flexibility index (Phi) is 6.23. The molecule has 0 bridgehead atoms. The third kappa shape index (κ3) is 4.96. The lowest BCUT2D eigenvalue weighted by Gasteiger charge is -2.32. The van der Waals surface area contributed by atoms with E-state index in [4.69, 9.17) is 0 Å². The first kappa shape index (κ1) is 20.9. The normalized spacial score (nSPS) is 15.3. The molecule has 3 rings (SSSR count). The van der Waals surface area contributed by atoms with Gasteiger partial charge in [0.25, 0.3) is 11.6 Å². The highest BCUT2D eigenvalue weighted by atomic mass is 32.2. The molecule has 1 aliphatic heterocycles. The molecule has 0 spiro atoms. The highest BCUT2D eigenvalue weighted by molar-refractivity contribution is 7.89. The number of aromatic nitrogens is 1. The van der Waals surface area contributed by atoms with Crippen LogP contribution in [0.5, 0.6) is 0 Å². The zero-order valence-corrected chi connectivity index (χ0v) is 16.8. The minimum atomic E-state index is -3.86. The molecule has 1 aromatic heterocycles. The van der Waals surface area contributed by atoms with Gasteiger partial charge in [0.15, 0.2) is 0 Å². The van der Waals surface area contributed by atoms with E-state index in [2.05, 4.69) is 9.71 Å². The molecule has 1 aliphatic rings. The fourth-order valence-electron chi connectivity index (χ4n) is 3.31. The van der Waals surface area contributed by atoms with E-state index in [9.17, 15) is 23.3 Å². The van der Waals surface area contributed by atoms with Crippen LogP contribution < -0.4 is 4.72 Å². The number of nitro benzene ring substituents is 1. The maximum Gasteiger partial charge on any atom is 0.270 e. The number of piperidine rings is 1. The van der Waals surface area contributed by atoms with Crippen LogP contribution in [-0.4, -0.2) is 48.8 Å². The summed E-state index contributed by atoms with van der Waals surface area (Å²) in [4.78, 5) is 28.4. The molecular formula is C19H22N4O5S. The predicted molar refractivity (Wildman–Crippen MR) is 106 cm³/mol. The van der Waals surface area contributed by atoms with Gasteiger partial charge in [0.1, 0.15) is 0 Å². The Morgan fingerprint density at radius 3 is 2.66 bits per heavy atom. The number of nitro groups is 1. The van der Waals surface area contributed by atoms with Gasteiger partial charge < -0.3 is 4.90 Å². The molecule has 0 aliphatic carbocycles. The monoisotopic (exact) mass is 418 g/mol. The molecule has 1 fully saturated rings. The Hall–Kier alpha value is -2.85. The van der Waals surface area contributed by atoms with Gasteiger partial charge in [0.2, 0.25) is 10.0 Å². The second-order valence-corrected chi connectivity index (χ2v) is 8.77. The van der Waals surface area contributed by atoms with Crippen LogP contribution >= 0.6 is 0 Å². The van der Waals surface area contributed by atoms with Crippen LogP contribution in [0.1, 0.15) is 28.8 Å². The van der Waals surface area contributed by atoms with Crippen LogP contribution in [0.2, 0.25) is 0 Å². The second-order valence-electron chi connectivity index (χ2n) is 7.04. The standard InChI is InChI=1S/C19H22N4O5S/c1-14-4-5-17(23(25)26)11-18(14)29(27,28)21-12-15-6-9-22(10-7-15)19(24)16-3-2-8-20-13-16/h2-5,8,11,13,15,21H,6-7,9-10,12H2,1H3. The first-order valence-electron chi connectivity index (χ1n) is 9.22. The van der Waals surface area contributed by atoms with Crippen molar-refractivity contribution < 1.29 is 18.1 Å². The molecule has 1 amide bonds. The average molecular weight is 418 g/mol. The summed E-state index contributed by atoms with van der Waals surface area (Å²) in [6.07, 6.45) is 4.48. The van der Waals surface area contributed by atoms with Crippen LogP contribution in [0, 0.1) is 23.0 Å². The van der Waals surface area contributed by atoms with E-state index in [1.54, 1.807) is 30.2 Å². The molecular weight excluding hydrogens is 396 g/mol. The molecule has 1 saturated heterocycles. The van der Waals surface area contributed by atoms with Crippen LogP contribution in [0.15, 0.2) is 47.6 Å². The van der Waals surface area contributed by atoms with Gasteiger partial charge in [-0.3, -0.25) is 19.9 Å². The van der Waals surface area contributed by atoms with Gasteiger partial charge in [0, 0.05) is 44.2 Å². The molecule has 9 nitrogen and oxygen atoms in total. The lowest BCUT2D eigenvalue weighted by atomic mass is 9.97. The van der Waals surface area contributed by atoms with Gasteiger partial charge >= 0.3 is 0 Å². The molecule has 1 N–H and O–H groups in total. The van der Waals surface area contributed by atoms with Gasteiger partial charge in [-0.1, -0.05) is 6.07 Å². The quantitative estimate of drug-likeness (QED) is 0.566. The van der Waals surface area contributed by atoms with E-state index in [0.717, 1.165) is 6.07 Å². The van der Waals surface area contributed by atoms with E-state index in [-0.39, 0.29) is 29.0 Å².